The first-order chi connectivity index (χ1) is 8.00. The van der Waals surface area contributed by atoms with E-state index in [9.17, 15) is 19.7 Å². The van der Waals surface area contributed by atoms with Crippen molar-refractivity contribution < 1.29 is 14.5 Å². The van der Waals surface area contributed by atoms with Gasteiger partial charge in [0.2, 0.25) is 0 Å². The second kappa shape index (κ2) is 5.69. The van der Waals surface area contributed by atoms with E-state index in [1.807, 2.05) is 0 Å². The average molecular weight is 233 g/mol. The van der Waals surface area contributed by atoms with Crippen LogP contribution < -0.4 is 0 Å². The van der Waals surface area contributed by atoms with Crippen molar-refractivity contribution in [3.05, 3.63) is 46.0 Å². The van der Waals surface area contributed by atoms with Gasteiger partial charge in [-0.25, -0.2) is 0 Å². The molecule has 0 fully saturated rings. The number of hydrogen-bond donors (Lipinski definition) is 0. The summed E-state index contributed by atoms with van der Waals surface area (Å²) in [4.78, 5) is 32.1. The summed E-state index contributed by atoms with van der Waals surface area (Å²) in [5, 5.41) is 10.7. The first-order valence-corrected chi connectivity index (χ1v) is 4.94. The molecule has 1 aromatic rings. The Labute approximate surface area is 97.9 Å². The molecule has 0 N–H and O–H groups in total. The Bertz CT molecular complexity index is 491. The Hall–Kier alpha value is -2.30. The fourth-order valence-electron chi connectivity index (χ4n) is 1.28. The Morgan fingerprint density at radius 1 is 1.35 bits per heavy atom. The zero-order valence-electron chi connectivity index (χ0n) is 9.25. The van der Waals surface area contributed by atoms with E-state index in [-0.39, 0.29) is 23.7 Å². The van der Waals surface area contributed by atoms with Crippen molar-refractivity contribution >= 4 is 23.3 Å². The molecule has 88 valence electrons. The molecule has 1 rings (SSSR count). The lowest BCUT2D eigenvalue weighted by Gasteiger charge is -1.96. The first kappa shape index (κ1) is 12.8. The number of allylic oxidation sites excluding steroid dienone is 1. The van der Waals surface area contributed by atoms with Crippen LogP contribution >= 0.6 is 0 Å². The van der Waals surface area contributed by atoms with E-state index in [1.165, 1.54) is 31.2 Å². The fraction of sp³-hybridized carbons (Fsp3) is 0.167. The van der Waals surface area contributed by atoms with Crippen LogP contribution in [0.15, 0.2) is 30.3 Å². The van der Waals surface area contributed by atoms with E-state index in [0.717, 1.165) is 0 Å². The van der Waals surface area contributed by atoms with Gasteiger partial charge in [0, 0.05) is 6.07 Å². The molecule has 1 aromatic carbocycles. The van der Waals surface area contributed by atoms with Crippen LogP contribution in [0, 0.1) is 10.1 Å². The number of rotatable bonds is 5. The lowest BCUT2D eigenvalue weighted by molar-refractivity contribution is -0.385. The van der Waals surface area contributed by atoms with E-state index >= 15 is 0 Å². The second-order valence-corrected chi connectivity index (χ2v) is 3.49. The Kier molecular flexibility index (Phi) is 4.28. The lowest BCUT2D eigenvalue weighted by Crippen LogP contribution is -2.00. The Morgan fingerprint density at radius 3 is 2.59 bits per heavy atom. The number of Topliss-reactive ketones (excluding diaryl/α,β-unsaturated/α-hetero) is 1. The van der Waals surface area contributed by atoms with Crippen LogP contribution in [-0.4, -0.2) is 16.5 Å². The van der Waals surface area contributed by atoms with Crippen LogP contribution in [0.25, 0.3) is 6.08 Å². The minimum absolute atomic E-state index is 0.0700. The largest absolute Gasteiger partial charge is 0.300 e. The van der Waals surface area contributed by atoms with Crippen LogP contribution in [0.4, 0.5) is 5.69 Å². The molecule has 0 aliphatic heterocycles. The second-order valence-electron chi connectivity index (χ2n) is 3.49. The molecule has 0 aliphatic rings. The topological polar surface area (TPSA) is 77.3 Å². The molecule has 5 heteroatoms. The molecular formula is C12H11NO4. The highest BCUT2D eigenvalue weighted by molar-refractivity contribution is 6.05. The number of carbonyl (C=O) groups is 2. The zero-order valence-corrected chi connectivity index (χ0v) is 9.25. The molecule has 0 aromatic heterocycles. The summed E-state index contributed by atoms with van der Waals surface area (Å²) in [6.45, 7) is 1.32. The molecule has 17 heavy (non-hydrogen) atoms. The molecular weight excluding hydrogens is 222 g/mol. The van der Waals surface area contributed by atoms with Crippen LogP contribution in [0.1, 0.15) is 18.9 Å². The molecule has 0 saturated carbocycles. The minimum Gasteiger partial charge on any atom is -0.300 e. The molecule has 0 atom stereocenters. The number of benzene rings is 1. The number of hydrogen-bond acceptors (Lipinski definition) is 4. The van der Waals surface area contributed by atoms with Crippen molar-refractivity contribution in [3.63, 3.8) is 0 Å². The summed E-state index contributed by atoms with van der Waals surface area (Å²) in [7, 11) is 0. The first-order valence-electron chi connectivity index (χ1n) is 4.94. The molecule has 0 unspecified atom stereocenters. The molecule has 0 spiro atoms. The van der Waals surface area contributed by atoms with E-state index < -0.39 is 4.92 Å². The van der Waals surface area contributed by atoms with Gasteiger partial charge in [-0.3, -0.25) is 19.7 Å². The number of carbonyl (C=O) groups excluding carboxylic acids is 2. The third-order valence-electron chi connectivity index (χ3n) is 2.01. The highest BCUT2D eigenvalue weighted by Crippen LogP contribution is 2.18. The summed E-state index contributed by atoms with van der Waals surface area (Å²) < 4.78 is 0. The van der Waals surface area contributed by atoms with E-state index in [0.29, 0.717) is 5.56 Å². The van der Waals surface area contributed by atoms with Crippen molar-refractivity contribution in [1.82, 2.24) is 0 Å². The SMILES string of the molecule is CC(=O)CC(=O)/C=C\c1ccccc1[N+](=O)[O-]. The predicted octanol–water partition coefficient (Wildman–Crippen LogP) is 2.16. The van der Waals surface area contributed by atoms with Gasteiger partial charge >= 0.3 is 0 Å². The molecule has 0 radical (unpaired) electrons. The van der Waals surface area contributed by atoms with Gasteiger partial charge in [-0.1, -0.05) is 12.1 Å². The van der Waals surface area contributed by atoms with Crippen molar-refractivity contribution in [3.8, 4) is 0 Å². The van der Waals surface area contributed by atoms with Gasteiger partial charge in [0.1, 0.15) is 5.78 Å². The smallest absolute Gasteiger partial charge is 0.276 e. The average Bonchev–Trinajstić information content (AvgIpc) is 2.25. The normalized spacial score (nSPS) is 10.4. The quantitative estimate of drug-likeness (QED) is 0.338. The van der Waals surface area contributed by atoms with Crippen molar-refractivity contribution in [2.24, 2.45) is 0 Å². The van der Waals surface area contributed by atoms with Crippen molar-refractivity contribution in [2.45, 2.75) is 13.3 Å². The summed E-state index contributed by atoms with van der Waals surface area (Å²) in [5.41, 5.74) is 0.272. The summed E-state index contributed by atoms with van der Waals surface area (Å²) in [6.07, 6.45) is 2.35. The molecule has 5 nitrogen and oxygen atoms in total. The summed E-state index contributed by atoms with van der Waals surface area (Å²) in [6, 6.07) is 6.08. The fourth-order valence-corrected chi connectivity index (χ4v) is 1.28. The Morgan fingerprint density at radius 2 is 2.00 bits per heavy atom. The highest BCUT2D eigenvalue weighted by atomic mass is 16.6. The van der Waals surface area contributed by atoms with E-state index in [1.54, 1.807) is 12.1 Å². The minimum atomic E-state index is -0.519. The number of para-hydroxylation sites is 1. The molecule has 0 bridgehead atoms. The molecule has 0 amide bonds. The maximum atomic E-state index is 11.2. The molecule has 0 aliphatic carbocycles. The van der Waals surface area contributed by atoms with Crippen LogP contribution in [0.5, 0.6) is 0 Å². The van der Waals surface area contributed by atoms with E-state index in [4.69, 9.17) is 0 Å². The van der Waals surface area contributed by atoms with E-state index in [2.05, 4.69) is 0 Å². The number of nitrogens with zero attached hydrogens (tertiary/aromatic N) is 1. The van der Waals surface area contributed by atoms with Crippen LogP contribution in [0.2, 0.25) is 0 Å². The number of nitro benzene ring substituents is 1. The summed E-state index contributed by atoms with van der Waals surface area (Å²) >= 11 is 0. The van der Waals surface area contributed by atoms with Gasteiger partial charge in [-0.05, 0) is 25.1 Å². The highest BCUT2D eigenvalue weighted by Gasteiger charge is 2.09. The standard InChI is InChI=1S/C12H11NO4/c1-9(14)8-11(15)7-6-10-4-2-3-5-12(10)13(16)17/h2-7H,8H2,1H3/b7-6-. The number of nitro groups is 1. The van der Waals surface area contributed by atoms with Crippen molar-refractivity contribution in [1.29, 1.82) is 0 Å². The van der Waals surface area contributed by atoms with Gasteiger partial charge in [0.15, 0.2) is 5.78 Å². The van der Waals surface area contributed by atoms with Crippen LogP contribution in [0.3, 0.4) is 0 Å². The van der Waals surface area contributed by atoms with Crippen LogP contribution in [-0.2, 0) is 9.59 Å². The number of ketones is 2. The molecule has 0 saturated heterocycles. The predicted molar refractivity (Wildman–Crippen MR) is 62.4 cm³/mol. The van der Waals surface area contributed by atoms with Gasteiger partial charge < -0.3 is 0 Å². The third kappa shape index (κ3) is 3.98. The maximum absolute atomic E-state index is 11.2. The zero-order chi connectivity index (χ0) is 12.8. The van der Waals surface area contributed by atoms with Gasteiger partial charge in [0.25, 0.3) is 5.69 Å². The monoisotopic (exact) mass is 233 g/mol. The Balaban J connectivity index is 2.88. The van der Waals surface area contributed by atoms with Gasteiger partial charge in [-0.15, -0.1) is 0 Å². The molecule has 0 heterocycles. The lowest BCUT2D eigenvalue weighted by atomic mass is 10.1. The van der Waals surface area contributed by atoms with Gasteiger partial charge in [-0.2, -0.15) is 0 Å². The third-order valence-corrected chi connectivity index (χ3v) is 2.01. The maximum Gasteiger partial charge on any atom is 0.276 e. The van der Waals surface area contributed by atoms with Gasteiger partial charge in [0.05, 0.1) is 16.9 Å². The summed E-state index contributed by atoms with van der Waals surface area (Å²) in [5.74, 6) is -0.599. The van der Waals surface area contributed by atoms with Crippen molar-refractivity contribution in [2.75, 3.05) is 0 Å².